The first-order valence-corrected chi connectivity index (χ1v) is 7.64. The van der Waals surface area contributed by atoms with E-state index in [9.17, 15) is 13.2 Å². The molecule has 1 aliphatic heterocycles. The van der Waals surface area contributed by atoms with Crippen LogP contribution in [0.4, 0.5) is 18.9 Å². The van der Waals surface area contributed by atoms with Gasteiger partial charge in [0.2, 0.25) is 5.96 Å². The van der Waals surface area contributed by atoms with Crippen molar-refractivity contribution in [1.29, 1.82) is 0 Å². The molecule has 0 amide bonds. The van der Waals surface area contributed by atoms with Crippen LogP contribution in [0.1, 0.15) is 18.3 Å². The lowest BCUT2D eigenvalue weighted by Crippen LogP contribution is -2.49. The van der Waals surface area contributed by atoms with Crippen molar-refractivity contribution in [2.24, 2.45) is 10.7 Å². The van der Waals surface area contributed by atoms with Gasteiger partial charge in [-0.3, -0.25) is 4.68 Å². The van der Waals surface area contributed by atoms with Crippen molar-refractivity contribution in [3.05, 3.63) is 47.9 Å². The molecule has 0 saturated carbocycles. The van der Waals surface area contributed by atoms with Gasteiger partial charge in [-0.2, -0.15) is 18.3 Å². The minimum Gasteiger partial charge on any atom is -0.332 e. The minimum absolute atomic E-state index is 0.104. The Labute approximate surface area is 147 Å². The van der Waals surface area contributed by atoms with Gasteiger partial charge in [0.25, 0.3) is 0 Å². The average molecular weight is 366 g/mol. The normalized spacial score (nSPS) is 20.2. The van der Waals surface area contributed by atoms with E-state index in [0.29, 0.717) is 17.9 Å². The first-order valence-electron chi connectivity index (χ1n) is 7.64. The molecule has 26 heavy (non-hydrogen) atoms. The fourth-order valence-corrected chi connectivity index (χ4v) is 2.47. The van der Waals surface area contributed by atoms with Crippen LogP contribution < -0.4 is 16.4 Å². The highest BCUT2D eigenvalue weighted by Gasteiger charge is 2.45. The van der Waals surface area contributed by atoms with Crippen molar-refractivity contribution >= 4 is 11.6 Å². The molecule has 2 aromatic rings. The van der Waals surface area contributed by atoms with Crippen molar-refractivity contribution in [2.75, 3.05) is 5.32 Å². The lowest BCUT2D eigenvalue weighted by molar-refractivity contribution is -0.100. The summed E-state index contributed by atoms with van der Waals surface area (Å²) in [6.45, 7) is 3.39. The molecule has 2 aromatic heterocycles. The number of hydrogen-bond donors (Lipinski definition) is 3. The van der Waals surface area contributed by atoms with Gasteiger partial charge in [0.05, 0.1) is 29.2 Å². The maximum absolute atomic E-state index is 13.0. The predicted molar refractivity (Wildman–Crippen MR) is 89.0 cm³/mol. The first kappa shape index (κ1) is 17.9. The number of alkyl halides is 3. The summed E-state index contributed by atoms with van der Waals surface area (Å²) in [6, 6.07) is 1.76. The summed E-state index contributed by atoms with van der Waals surface area (Å²) in [5, 5.41) is 9.75. The zero-order chi connectivity index (χ0) is 18.9. The molecule has 1 atom stereocenters. The molecule has 0 aromatic carbocycles. The van der Waals surface area contributed by atoms with Gasteiger partial charge in [0.15, 0.2) is 0 Å². The van der Waals surface area contributed by atoms with Crippen LogP contribution in [0, 0.1) is 6.92 Å². The second kappa shape index (κ2) is 6.41. The number of nitrogens with zero attached hydrogens (tertiary/aromatic N) is 5. The fourth-order valence-electron chi connectivity index (χ4n) is 2.47. The SMILES string of the molecule is Cc1nn(Cc2ccncn2)cc1NC1=NC(C)(N)C(C(F)(F)F)=CN1. The van der Waals surface area contributed by atoms with Gasteiger partial charge < -0.3 is 16.4 Å². The largest absolute Gasteiger partial charge is 0.417 e. The summed E-state index contributed by atoms with van der Waals surface area (Å²) in [5.74, 6) is 0.104. The van der Waals surface area contributed by atoms with Crippen LogP contribution in [0.2, 0.25) is 0 Å². The van der Waals surface area contributed by atoms with Crippen LogP contribution in [-0.4, -0.2) is 37.5 Å². The number of hydrogen-bond acceptors (Lipinski definition) is 7. The predicted octanol–water partition coefficient (Wildman–Crippen LogP) is 1.52. The van der Waals surface area contributed by atoms with Crippen LogP contribution in [-0.2, 0) is 6.54 Å². The van der Waals surface area contributed by atoms with E-state index in [0.717, 1.165) is 11.9 Å². The molecule has 3 rings (SSSR count). The van der Waals surface area contributed by atoms with Gasteiger partial charge >= 0.3 is 6.18 Å². The van der Waals surface area contributed by atoms with Gasteiger partial charge in [-0.1, -0.05) is 0 Å². The topological polar surface area (TPSA) is 106 Å². The van der Waals surface area contributed by atoms with E-state index in [4.69, 9.17) is 5.73 Å². The third-order valence-corrected chi connectivity index (χ3v) is 3.71. The zero-order valence-electron chi connectivity index (χ0n) is 14.0. The smallest absolute Gasteiger partial charge is 0.332 e. The van der Waals surface area contributed by atoms with Crippen molar-refractivity contribution in [3.63, 3.8) is 0 Å². The third-order valence-electron chi connectivity index (χ3n) is 3.71. The van der Waals surface area contributed by atoms with Gasteiger partial charge in [-0.15, -0.1) is 0 Å². The molecule has 3 heterocycles. The van der Waals surface area contributed by atoms with Gasteiger partial charge in [0, 0.05) is 18.6 Å². The second-order valence-electron chi connectivity index (χ2n) is 5.96. The number of nitrogens with two attached hydrogens (primary N) is 1. The lowest BCUT2D eigenvalue weighted by Gasteiger charge is -2.30. The monoisotopic (exact) mass is 366 g/mol. The van der Waals surface area contributed by atoms with Crippen LogP contribution >= 0.6 is 0 Å². The van der Waals surface area contributed by atoms with E-state index in [1.165, 1.54) is 13.3 Å². The number of aromatic nitrogens is 4. The summed E-state index contributed by atoms with van der Waals surface area (Å²) >= 11 is 0. The van der Waals surface area contributed by atoms with Gasteiger partial charge in [-0.05, 0) is 19.9 Å². The Morgan fingerprint density at radius 1 is 1.38 bits per heavy atom. The van der Waals surface area contributed by atoms with Crippen molar-refractivity contribution in [3.8, 4) is 0 Å². The number of aliphatic imine (C=N–C) groups is 1. The fraction of sp³-hybridized carbons (Fsp3) is 0.333. The third kappa shape index (κ3) is 3.82. The summed E-state index contributed by atoms with van der Waals surface area (Å²) in [6.07, 6.45) is 1.03. The minimum atomic E-state index is -4.57. The highest BCUT2D eigenvalue weighted by Crippen LogP contribution is 2.34. The zero-order valence-corrected chi connectivity index (χ0v) is 14.0. The molecule has 1 unspecified atom stereocenters. The quantitative estimate of drug-likeness (QED) is 0.761. The van der Waals surface area contributed by atoms with Gasteiger partial charge in [0.1, 0.15) is 12.0 Å². The molecule has 0 aliphatic carbocycles. The van der Waals surface area contributed by atoms with E-state index in [1.54, 1.807) is 30.1 Å². The molecule has 0 radical (unpaired) electrons. The molecule has 0 spiro atoms. The summed E-state index contributed by atoms with van der Waals surface area (Å²) in [5.41, 5.74) is 4.87. The molecule has 8 nitrogen and oxygen atoms in total. The molecular formula is C15H17F3N8. The van der Waals surface area contributed by atoms with Gasteiger partial charge in [-0.25, -0.2) is 15.0 Å². The number of rotatable bonds is 3. The summed E-state index contributed by atoms with van der Waals surface area (Å²) in [7, 11) is 0. The van der Waals surface area contributed by atoms with Crippen molar-refractivity contribution < 1.29 is 13.2 Å². The maximum Gasteiger partial charge on any atom is 0.417 e. The van der Waals surface area contributed by atoms with E-state index in [1.807, 2.05) is 0 Å². The lowest BCUT2D eigenvalue weighted by atomic mass is 10.0. The highest BCUT2D eigenvalue weighted by atomic mass is 19.4. The Kier molecular flexibility index (Phi) is 4.40. The van der Waals surface area contributed by atoms with Crippen molar-refractivity contribution in [1.82, 2.24) is 25.1 Å². The summed E-state index contributed by atoms with van der Waals surface area (Å²) in [4.78, 5) is 11.9. The second-order valence-corrected chi connectivity index (χ2v) is 5.96. The first-order chi connectivity index (χ1) is 12.1. The van der Waals surface area contributed by atoms with E-state index < -0.39 is 17.4 Å². The Balaban J connectivity index is 1.75. The number of aryl methyl sites for hydroxylation is 1. The number of halogens is 3. The molecule has 11 heteroatoms. The number of anilines is 1. The number of guanidine groups is 1. The molecular weight excluding hydrogens is 349 g/mol. The Morgan fingerprint density at radius 3 is 2.77 bits per heavy atom. The van der Waals surface area contributed by atoms with Crippen LogP contribution in [0.15, 0.2) is 41.6 Å². The van der Waals surface area contributed by atoms with E-state index >= 15 is 0 Å². The molecule has 0 saturated heterocycles. The molecule has 4 N–H and O–H groups in total. The molecule has 0 bridgehead atoms. The Bertz CT molecular complexity index is 852. The van der Waals surface area contributed by atoms with Crippen LogP contribution in [0.3, 0.4) is 0 Å². The maximum atomic E-state index is 13.0. The summed E-state index contributed by atoms with van der Waals surface area (Å²) < 4.78 is 40.5. The molecule has 0 fully saturated rings. The number of nitrogens with one attached hydrogen (secondary N) is 2. The van der Waals surface area contributed by atoms with Crippen molar-refractivity contribution in [2.45, 2.75) is 32.2 Å². The average Bonchev–Trinajstić information content (AvgIpc) is 2.85. The van der Waals surface area contributed by atoms with E-state index in [2.05, 4.69) is 30.7 Å². The standard InChI is InChI=1S/C15H17F3N8/c1-9-11(7-26(25-9)6-10-3-4-20-8-22-10)23-13-21-5-12(15(16,17)18)14(2,19)24-13/h3-5,7-8H,6,19H2,1-2H3,(H2,21,23,24). The Hall–Kier alpha value is -2.95. The Morgan fingerprint density at radius 2 is 2.15 bits per heavy atom. The highest BCUT2D eigenvalue weighted by molar-refractivity contribution is 5.95. The molecule has 1 aliphatic rings. The van der Waals surface area contributed by atoms with E-state index in [-0.39, 0.29) is 5.96 Å². The van der Waals surface area contributed by atoms with Crippen LogP contribution in [0.5, 0.6) is 0 Å². The van der Waals surface area contributed by atoms with Crippen LogP contribution in [0.25, 0.3) is 0 Å². The molecule has 138 valence electrons.